The van der Waals surface area contributed by atoms with Crippen molar-refractivity contribution in [3.05, 3.63) is 35.4 Å². The van der Waals surface area contributed by atoms with Crippen LogP contribution in [0.15, 0.2) is 24.3 Å². The number of carbonyl (C=O) groups is 1. The molecule has 0 bridgehead atoms. The van der Waals surface area contributed by atoms with Gasteiger partial charge in [0.15, 0.2) is 0 Å². The van der Waals surface area contributed by atoms with Gasteiger partial charge in [-0.3, -0.25) is 4.79 Å². The molecular formula is C15H18N2O. The fraction of sp³-hybridized carbons (Fsp3) is 0.467. The van der Waals surface area contributed by atoms with E-state index < -0.39 is 0 Å². The quantitative estimate of drug-likeness (QED) is 0.817. The largest absolute Gasteiger partial charge is 0.338 e. The third-order valence-corrected chi connectivity index (χ3v) is 3.51. The number of nitrogens with zero attached hydrogens (tertiary/aromatic N) is 2. The second kappa shape index (κ2) is 5.68. The lowest BCUT2D eigenvalue weighted by Crippen LogP contribution is -2.37. The van der Waals surface area contributed by atoms with Crippen molar-refractivity contribution in [2.45, 2.75) is 32.7 Å². The molecular weight excluding hydrogens is 224 g/mol. The minimum absolute atomic E-state index is 0.0868. The highest BCUT2D eigenvalue weighted by atomic mass is 16.2. The smallest absolute Gasteiger partial charge is 0.224 e. The molecule has 1 fully saturated rings. The molecule has 1 saturated heterocycles. The molecule has 1 aromatic carbocycles. The van der Waals surface area contributed by atoms with Gasteiger partial charge in [-0.1, -0.05) is 31.2 Å². The highest BCUT2D eigenvalue weighted by Crippen LogP contribution is 2.19. The van der Waals surface area contributed by atoms with Crippen LogP contribution in [-0.2, 0) is 17.8 Å². The maximum absolute atomic E-state index is 11.9. The summed E-state index contributed by atoms with van der Waals surface area (Å²) in [4.78, 5) is 13.7. The van der Waals surface area contributed by atoms with E-state index in [-0.39, 0.29) is 11.8 Å². The summed E-state index contributed by atoms with van der Waals surface area (Å²) in [5, 5.41) is 8.82. The second-order valence-corrected chi connectivity index (χ2v) is 4.80. The zero-order valence-electron chi connectivity index (χ0n) is 10.7. The van der Waals surface area contributed by atoms with Crippen LogP contribution in [0.5, 0.6) is 0 Å². The van der Waals surface area contributed by atoms with Gasteiger partial charge in [0.2, 0.25) is 5.91 Å². The summed E-state index contributed by atoms with van der Waals surface area (Å²) < 4.78 is 0. The maximum Gasteiger partial charge on any atom is 0.224 e. The van der Waals surface area contributed by atoms with E-state index in [1.807, 2.05) is 4.90 Å². The maximum atomic E-state index is 11.9. The van der Waals surface area contributed by atoms with Gasteiger partial charge in [0.25, 0.3) is 0 Å². The molecule has 94 valence electrons. The van der Waals surface area contributed by atoms with Gasteiger partial charge in [-0.05, 0) is 24.0 Å². The first kappa shape index (κ1) is 12.6. The van der Waals surface area contributed by atoms with E-state index in [0.717, 1.165) is 18.4 Å². The van der Waals surface area contributed by atoms with Crippen molar-refractivity contribution in [3.63, 3.8) is 0 Å². The van der Waals surface area contributed by atoms with E-state index in [2.05, 4.69) is 37.3 Å². The zero-order chi connectivity index (χ0) is 13.0. The number of piperidine rings is 1. The molecule has 1 unspecified atom stereocenters. The summed E-state index contributed by atoms with van der Waals surface area (Å²) >= 11 is 0. The van der Waals surface area contributed by atoms with Crippen molar-refractivity contribution in [1.29, 1.82) is 5.26 Å². The number of benzene rings is 1. The van der Waals surface area contributed by atoms with Gasteiger partial charge in [0.05, 0.1) is 12.0 Å². The Balaban J connectivity index is 1.97. The van der Waals surface area contributed by atoms with E-state index in [1.165, 1.54) is 5.56 Å². The summed E-state index contributed by atoms with van der Waals surface area (Å²) in [7, 11) is 0. The molecule has 0 N–H and O–H groups in total. The Morgan fingerprint density at radius 1 is 1.33 bits per heavy atom. The minimum Gasteiger partial charge on any atom is -0.338 e. The van der Waals surface area contributed by atoms with Crippen LogP contribution in [0, 0.1) is 17.2 Å². The monoisotopic (exact) mass is 242 g/mol. The van der Waals surface area contributed by atoms with Crippen LogP contribution in [-0.4, -0.2) is 17.4 Å². The van der Waals surface area contributed by atoms with Crippen LogP contribution in [0.4, 0.5) is 0 Å². The van der Waals surface area contributed by atoms with Crippen LogP contribution in [0.2, 0.25) is 0 Å². The first-order valence-electron chi connectivity index (χ1n) is 6.48. The number of hydrogen-bond acceptors (Lipinski definition) is 2. The molecule has 2 rings (SSSR count). The highest BCUT2D eigenvalue weighted by Gasteiger charge is 2.25. The lowest BCUT2D eigenvalue weighted by Gasteiger charge is -2.29. The van der Waals surface area contributed by atoms with Gasteiger partial charge in [0, 0.05) is 19.5 Å². The van der Waals surface area contributed by atoms with Crippen molar-refractivity contribution >= 4 is 5.91 Å². The summed E-state index contributed by atoms with van der Waals surface area (Å²) in [5.74, 6) is 0.0172. The average Bonchev–Trinajstić information content (AvgIpc) is 2.42. The molecule has 0 saturated carbocycles. The van der Waals surface area contributed by atoms with Crippen LogP contribution >= 0.6 is 0 Å². The molecule has 3 heteroatoms. The van der Waals surface area contributed by atoms with Crippen LogP contribution in [0.3, 0.4) is 0 Å². The van der Waals surface area contributed by atoms with E-state index in [1.54, 1.807) is 0 Å². The van der Waals surface area contributed by atoms with Crippen LogP contribution < -0.4 is 0 Å². The third-order valence-electron chi connectivity index (χ3n) is 3.51. The number of aryl methyl sites for hydroxylation is 1. The number of hydrogen-bond donors (Lipinski definition) is 0. The second-order valence-electron chi connectivity index (χ2n) is 4.80. The van der Waals surface area contributed by atoms with Crippen molar-refractivity contribution in [2.24, 2.45) is 5.92 Å². The van der Waals surface area contributed by atoms with Gasteiger partial charge < -0.3 is 4.90 Å². The van der Waals surface area contributed by atoms with E-state index in [4.69, 9.17) is 5.26 Å². The molecule has 3 nitrogen and oxygen atoms in total. The predicted octanol–water partition coefficient (Wildman–Crippen LogP) is 2.51. The standard InChI is InChI=1S/C15H18N2O/c1-2-12-3-5-13(6-4-12)11-17-8-7-14(10-16)9-15(17)18/h3-6,14H,2,7-9,11H2,1H3. The molecule has 0 aromatic heterocycles. The summed E-state index contributed by atoms with van der Waals surface area (Å²) in [6.07, 6.45) is 2.21. The lowest BCUT2D eigenvalue weighted by molar-refractivity contribution is -0.134. The average molecular weight is 242 g/mol. The molecule has 1 amide bonds. The van der Waals surface area contributed by atoms with Crippen molar-refractivity contribution in [1.82, 2.24) is 4.90 Å². The Kier molecular flexibility index (Phi) is 3.99. The molecule has 18 heavy (non-hydrogen) atoms. The highest BCUT2D eigenvalue weighted by molar-refractivity contribution is 5.77. The summed E-state index contributed by atoms with van der Waals surface area (Å²) in [6.45, 7) is 3.50. The molecule has 0 spiro atoms. The van der Waals surface area contributed by atoms with Gasteiger partial charge in [-0.2, -0.15) is 5.26 Å². The number of amides is 1. The minimum atomic E-state index is -0.0868. The Morgan fingerprint density at radius 2 is 2.00 bits per heavy atom. The lowest BCUT2D eigenvalue weighted by atomic mass is 9.97. The van der Waals surface area contributed by atoms with Crippen LogP contribution in [0.1, 0.15) is 30.9 Å². The molecule has 1 atom stereocenters. The zero-order valence-corrected chi connectivity index (χ0v) is 10.7. The van der Waals surface area contributed by atoms with E-state index in [0.29, 0.717) is 19.5 Å². The van der Waals surface area contributed by atoms with Gasteiger partial charge in [-0.25, -0.2) is 0 Å². The molecule has 0 radical (unpaired) electrons. The Hall–Kier alpha value is -1.82. The number of nitriles is 1. The normalized spacial score (nSPS) is 19.7. The van der Waals surface area contributed by atoms with E-state index >= 15 is 0 Å². The fourth-order valence-corrected chi connectivity index (χ4v) is 2.26. The van der Waals surface area contributed by atoms with Crippen molar-refractivity contribution in [3.8, 4) is 6.07 Å². The summed E-state index contributed by atoms with van der Waals surface area (Å²) in [6, 6.07) is 10.6. The van der Waals surface area contributed by atoms with Gasteiger partial charge >= 0.3 is 0 Å². The SMILES string of the molecule is CCc1ccc(CN2CCC(C#N)CC2=O)cc1. The molecule has 1 heterocycles. The number of likely N-dealkylation sites (tertiary alicyclic amines) is 1. The topological polar surface area (TPSA) is 44.1 Å². The fourth-order valence-electron chi connectivity index (χ4n) is 2.26. The Morgan fingerprint density at radius 3 is 2.56 bits per heavy atom. The Labute approximate surface area is 108 Å². The molecule has 1 aliphatic rings. The first-order chi connectivity index (χ1) is 8.72. The van der Waals surface area contributed by atoms with Crippen LogP contribution in [0.25, 0.3) is 0 Å². The number of carbonyl (C=O) groups excluding carboxylic acids is 1. The van der Waals surface area contributed by atoms with Gasteiger partial charge in [-0.15, -0.1) is 0 Å². The van der Waals surface area contributed by atoms with Crippen molar-refractivity contribution in [2.75, 3.05) is 6.54 Å². The van der Waals surface area contributed by atoms with E-state index in [9.17, 15) is 4.79 Å². The molecule has 1 aromatic rings. The first-order valence-corrected chi connectivity index (χ1v) is 6.48. The predicted molar refractivity (Wildman–Crippen MR) is 69.6 cm³/mol. The summed E-state index contributed by atoms with van der Waals surface area (Å²) in [5.41, 5.74) is 2.48. The molecule has 1 aliphatic heterocycles. The number of rotatable bonds is 3. The van der Waals surface area contributed by atoms with Gasteiger partial charge in [0.1, 0.15) is 0 Å². The van der Waals surface area contributed by atoms with Crippen molar-refractivity contribution < 1.29 is 4.79 Å². The Bertz CT molecular complexity index is 458. The molecule has 0 aliphatic carbocycles. The third kappa shape index (κ3) is 2.89.